The van der Waals surface area contributed by atoms with E-state index in [2.05, 4.69) is 12.2 Å². The number of rotatable bonds is 8. The van der Waals surface area contributed by atoms with Crippen molar-refractivity contribution in [2.45, 2.75) is 19.8 Å². The fourth-order valence-corrected chi connectivity index (χ4v) is 2.27. The van der Waals surface area contributed by atoms with Crippen LogP contribution in [0, 0.1) is 0 Å². The third-order valence-corrected chi connectivity index (χ3v) is 3.50. The second kappa shape index (κ2) is 8.17. The second-order valence-electron chi connectivity index (χ2n) is 5.33. The number of benzene rings is 1. The van der Waals surface area contributed by atoms with Crippen LogP contribution in [-0.2, 0) is 18.3 Å². The van der Waals surface area contributed by atoms with E-state index in [0.717, 1.165) is 18.6 Å². The van der Waals surface area contributed by atoms with Gasteiger partial charge in [0.25, 0.3) is 11.7 Å². The molecule has 1 N–H and O–H groups in total. The van der Waals surface area contributed by atoms with Crippen molar-refractivity contribution in [1.29, 1.82) is 0 Å². The molecule has 2 aromatic rings. The zero-order valence-electron chi connectivity index (χ0n) is 13.5. The summed E-state index contributed by atoms with van der Waals surface area (Å²) in [6.07, 6.45) is 3.89. The van der Waals surface area contributed by atoms with Gasteiger partial charge in [0.05, 0.1) is 12.2 Å². The number of amides is 1. The minimum absolute atomic E-state index is 0.283. The molecular weight excluding hydrogens is 292 g/mol. The summed E-state index contributed by atoms with van der Waals surface area (Å²) in [4.78, 5) is 23.7. The molecule has 2 rings (SSSR count). The fraction of sp³-hybridized carbons (Fsp3) is 0.333. The first-order valence-electron chi connectivity index (χ1n) is 7.77. The number of carbonyl (C=O) groups excluding carboxylic acids is 2. The highest BCUT2D eigenvalue weighted by Crippen LogP contribution is 2.13. The van der Waals surface area contributed by atoms with E-state index < -0.39 is 11.7 Å². The first-order valence-corrected chi connectivity index (χ1v) is 7.77. The van der Waals surface area contributed by atoms with E-state index in [0.29, 0.717) is 12.3 Å². The lowest BCUT2D eigenvalue weighted by Crippen LogP contribution is -2.34. The Morgan fingerprint density at radius 1 is 1.17 bits per heavy atom. The average molecular weight is 314 g/mol. The standard InChI is InChI=1S/C18H22N2O3/c1-3-5-14-7-9-15(10-8-14)23-13-11-19-18(22)17(21)16-6-4-12-20(16)2/h4,6-10,12H,3,5,11,13H2,1-2H3,(H,19,22). The summed E-state index contributed by atoms with van der Waals surface area (Å²) in [5, 5.41) is 2.57. The van der Waals surface area contributed by atoms with Crippen molar-refractivity contribution in [3.8, 4) is 5.75 Å². The lowest BCUT2D eigenvalue weighted by atomic mass is 10.1. The zero-order chi connectivity index (χ0) is 16.7. The normalized spacial score (nSPS) is 10.3. The second-order valence-corrected chi connectivity index (χ2v) is 5.33. The molecule has 0 spiro atoms. The Morgan fingerprint density at radius 2 is 1.91 bits per heavy atom. The number of nitrogens with zero attached hydrogens (tertiary/aromatic N) is 1. The van der Waals surface area contributed by atoms with Gasteiger partial charge in [-0.15, -0.1) is 0 Å². The highest BCUT2D eigenvalue weighted by molar-refractivity contribution is 6.42. The Bertz CT molecular complexity index is 659. The molecule has 1 amide bonds. The van der Waals surface area contributed by atoms with E-state index in [4.69, 9.17) is 4.74 Å². The summed E-state index contributed by atoms with van der Waals surface area (Å²) in [7, 11) is 1.73. The van der Waals surface area contributed by atoms with Crippen LogP contribution in [0.4, 0.5) is 0 Å². The van der Waals surface area contributed by atoms with Crippen LogP contribution in [0.1, 0.15) is 29.4 Å². The Balaban J connectivity index is 1.73. The molecule has 0 aliphatic heterocycles. The van der Waals surface area contributed by atoms with Crippen molar-refractivity contribution in [2.75, 3.05) is 13.2 Å². The maximum absolute atomic E-state index is 11.9. The Hall–Kier alpha value is -2.56. The maximum atomic E-state index is 11.9. The van der Waals surface area contributed by atoms with Gasteiger partial charge in [-0.05, 0) is 36.2 Å². The zero-order valence-corrected chi connectivity index (χ0v) is 13.5. The SMILES string of the molecule is CCCc1ccc(OCCNC(=O)C(=O)c2cccn2C)cc1. The van der Waals surface area contributed by atoms with Crippen LogP contribution < -0.4 is 10.1 Å². The van der Waals surface area contributed by atoms with Gasteiger partial charge in [0.15, 0.2) is 0 Å². The number of aryl methyl sites for hydroxylation is 2. The first-order chi connectivity index (χ1) is 11.1. The van der Waals surface area contributed by atoms with Gasteiger partial charge in [-0.1, -0.05) is 25.5 Å². The third kappa shape index (κ3) is 4.71. The molecule has 5 heteroatoms. The van der Waals surface area contributed by atoms with E-state index in [1.807, 2.05) is 24.3 Å². The number of Topliss-reactive ketones (excluding diaryl/α,β-unsaturated/α-hetero) is 1. The van der Waals surface area contributed by atoms with Crippen LogP contribution in [0.2, 0.25) is 0 Å². The molecule has 23 heavy (non-hydrogen) atoms. The minimum atomic E-state index is -0.617. The first kappa shape index (κ1) is 16.8. The molecule has 5 nitrogen and oxygen atoms in total. The van der Waals surface area contributed by atoms with Gasteiger partial charge in [0.2, 0.25) is 0 Å². The number of carbonyl (C=O) groups is 2. The number of hydrogen-bond donors (Lipinski definition) is 1. The summed E-state index contributed by atoms with van der Waals surface area (Å²) in [6.45, 7) is 2.74. The van der Waals surface area contributed by atoms with Crippen molar-refractivity contribution in [1.82, 2.24) is 9.88 Å². The minimum Gasteiger partial charge on any atom is -0.492 e. The smallest absolute Gasteiger partial charge is 0.294 e. The number of ether oxygens (including phenoxy) is 1. The summed E-state index contributed by atoms with van der Waals surface area (Å²) < 4.78 is 7.17. The molecule has 1 aromatic heterocycles. The van der Waals surface area contributed by atoms with Crippen LogP contribution in [0.3, 0.4) is 0 Å². The Morgan fingerprint density at radius 3 is 2.52 bits per heavy atom. The monoisotopic (exact) mass is 314 g/mol. The lowest BCUT2D eigenvalue weighted by molar-refractivity contribution is -0.117. The van der Waals surface area contributed by atoms with Gasteiger partial charge in [0, 0.05) is 13.2 Å². The van der Waals surface area contributed by atoms with E-state index in [9.17, 15) is 9.59 Å². The van der Waals surface area contributed by atoms with Crippen LogP contribution >= 0.6 is 0 Å². The third-order valence-electron chi connectivity index (χ3n) is 3.50. The molecule has 0 saturated carbocycles. The van der Waals surface area contributed by atoms with E-state index in [-0.39, 0.29) is 6.54 Å². The van der Waals surface area contributed by atoms with Crippen molar-refractivity contribution < 1.29 is 14.3 Å². The molecule has 0 bridgehead atoms. The summed E-state index contributed by atoms with van der Waals surface area (Å²) in [6, 6.07) is 11.3. The molecule has 0 atom stereocenters. The topological polar surface area (TPSA) is 60.3 Å². The molecule has 1 heterocycles. The van der Waals surface area contributed by atoms with E-state index >= 15 is 0 Å². The molecule has 1 aromatic carbocycles. The molecule has 122 valence electrons. The van der Waals surface area contributed by atoms with Gasteiger partial charge in [-0.3, -0.25) is 9.59 Å². The van der Waals surface area contributed by atoms with Gasteiger partial charge in [0.1, 0.15) is 12.4 Å². The van der Waals surface area contributed by atoms with Gasteiger partial charge < -0.3 is 14.6 Å². The molecular formula is C18H22N2O3. The molecule has 0 fully saturated rings. The highest BCUT2D eigenvalue weighted by atomic mass is 16.5. The molecule has 0 aliphatic rings. The summed E-state index contributed by atoms with van der Waals surface area (Å²) in [5.74, 6) is -0.400. The summed E-state index contributed by atoms with van der Waals surface area (Å²) >= 11 is 0. The van der Waals surface area contributed by atoms with Crippen LogP contribution in [-0.4, -0.2) is 29.4 Å². The highest BCUT2D eigenvalue weighted by Gasteiger charge is 2.17. The van der Waals surface area contributed by atoms with Crippen molar-refractivity contribution in [2.24, 2.45) is 7.05 Å². The quantitative estimate of drug-likeness (QED) is 0.462. The molecule has 0 aliphatic carbocycles. The summed E-state index contributed by atoms with van der Waals surface area (Å²) in [5.41, 5.74) is 1.65. The number of aromatic nitrogens is 1. The predicted molar refractivity (Wildman–Crippen MR) is 88.7 cm³/mol. The molecule has 0 saturated heterocycles. The molecule has 0 radical (unpaired) electrons. The van der Waals surface area contributed by atoms with Gasteiger partial charge in [-0.25, -0.2) is 0 Å². The van der Waals surface area contributed by atoms with Crippen molar-refractivity contribution >= 4 is 11.7 Å². The number of ketones is 1. The van der Waals surface area contributed by atoms with Crippen molar-refractivity contribution in [3.63, 3.8) is 0 Å². The lowest BCUT2D eigenvalue weighted by Gasteiger charge is -2.08. The molecule has 0 unspecified atom stereocenters. The van der Waals surface area contributed by atoms with Gasteiger partial charge >= 0.3 is 0 Å². The van der Waals surface area contributed by atoms with Crippen molar-refractivity contribution in [3.05, 3.63) is 53.9 Å². The average Bonchev–Trinajstić information content (AvgIpc) is 2.98. The van der Waals surface area contributed by atoms with Crippen LogP contribution in [0.25, 0.3) is 0 Å². The number of nitrogens with one attached hydrogen (secondary N) is 1. The Labute approximate surface area is 136 Å². The maximum Gasteiger partial charge on any atom is 0.294 e. The van der Waals surface area contributed by atoms with E-state index in [1.165, 1.54) is 5.56 Å². The largest absolute Gasteiger partial charge is 0.492 e. The van der Waals surface area contributed by atoms with Crippen LogP contribution in [0.5, 0.6) is 5.75 Å². The van der Waals surface area contributed by atoms with Gasteiger partial charge in [-0.2, -0.15) is 0 Å². The predicted octanol–water partition coefficient (Wildman–Crippen LogP) is 2.36. The fourth-order valence-electron chi connectivity index (χ4n) is 2.27. The Kier molecular flexibility index (Phi) is 5.97. The van der Waals surface area contributed by atoms with E-state index in [1.54, 1.807) is 29.9 Å². The van der Waals surface area contributed by atoms with Crippen LogP contribution in [0.15, 0.2) is 42.6 Å². The number of hydrogen-bond acceptors (Lipinski definition) is 3.